The maximum Gasteiger partial charge on any atom is 0.252 e. The molecular weight excluding hydrogens is 827 g/mol. The van der Waals surface area contributed by atoms with Gasteiger partial charge in [-0.25, -0.2) is 0 Å². The smallest absolute Gasteiger partial charge is 0.252 e. The van der Waals surface area contributed by atoms with Gasteiger partial charge in [0.15, 0.2) is 0 Å². The van der Waals surface area contributed by atoms with E-state index < -0.39 is 65.5 Å². The van der Waals surface area contributed by atoms with Crippen molar-refractivity contribution in [1.29, 1.82) is 5.26 Å². The number of nitrogens with one attached hydrogen (secondary N) is 6. The van der Waals surface area contributed by atoms with Gasteiger partial charge in [-0.05, 0) is 80.8 Å². The van der Waals surface area contributed by atoms with E-state index in [9.17, 15) is 38.8 Å². The van der Waals surface area contributed by atoms with Crippen LogP contribution in [-0.4, -0.2) is 124 Å². The van der Waals surface area contributed by atoms with Gasteiger partial charge in [0.25, 0.3) is 5.91 Å². The molecule has 1 heterocycles. The second-order valence-corrected chi connectivity index (χ2v) is 15.0. The van der Waals surface area contributed by atoms with Gasteiger partial charge in [0, 0.05) is 30.2 Å². The van der Waals surface area contributed by atoms with Crippen molar-refractivity contribution in [2.75, 3.05) is 59.5 Å². The molecule has 0 saturated heterocycles. The molecule has 4 atom stereocenters. The van der Waals surface area contributed by atoms with Crippen molar-refractivity contribution in [3.63, 3.8) is 0 Å². The van der Waals surface area contributed by atoms with E-state index in [1.807, 2.05) is 19.1 Å². The number of nitrogens with zero attached hydrogens (tertiary/aromatic N) is 2. The number of hydrogen-bond acceptors (Lipinski definition) is 13. The molecule has 3 aromatic carbocycles. The minimum atomic E-state index is -1.45. The molecule has 7 amide bonds. The normalized spacial score (nSPS) is 16.3. The van der Waals surface area contributed by atoms with Crippen LogP contribution in [0.4, 0.5) is 0 Å². The van der Waals surface area contributed by atoms with Gasteiger partial charge < -0.3 is 63.5 Å². The number of rotatable bonds is 18. The SMILES string of the molecule is Cc1ccc(C(=O)N[C@@H](CCN)C(=O)N(C)[C@@H]2C(=O)N[C@@H](C)C(=O)N[C@H](C(=O)NCC#N)Cc3ccc(OCCNC(=O)CN)c(c3)-c3cc2ccc3OCCNC(=O)CN)c(C)c1. The molecule has 12 N–H and O–H groups in total. The fourth-order valence-electron chi connectivity index (χ4n) is 6.94. The number of likely N-dealkylation sites (N-methyl/N-ethyl adjacent to an activating group) is 1. The molecule has 0 saturated carbocycles. The maximum absolute atomic E-state index is 14.6. The highest BCUT2D eigenvalue weighted by molar-refractivity contribution is 6.00. The summed E-state index contributed by atoms with van der Waals surface area (Å²) in [6, 6.07) is 11.8. The third-order valence-electron chi connectivity index (χ3n) is 10.2. The van der Waals surface area contributed by atoms with Crippen LogP contribution in [0, 0.1) is 25.2 Å². The van der Waals surface area contributed by atoms with Gasteiger partial charge in [-0.15, -0.1) is 0 Å². The summed E-state index contributed by atoms with van der Waals surface area (Å²) >= 11 is 0. The second kappa shape index (κ2) is 23.9. The van der Waals surface area contributed by atoms with Crippen LogP contribution in [0.15, 0.2) is 54.6 Å². The molecule has 1 aliphatic heterocycles. The molecular formula is C44H57N11O9. The molecule has 64 heavy (non-hydrogen) atoms. The number of benzene rings is 3. The molecule has 20 nitrogen and oxygen atoms in total. The minimum Gasteiger partial charge on any atom is -0.491 e. The third-order valence-corrected chi connectivity index (χ3v) is 10.2. The Bertz CT molecular complexity index is 2250. The number of aryl methyl sites for hydroxylation is 2. The van der Waals surface area contributed by atoms with E-state index in [0.29, 0.717) is 27.8 Å². The highest BCUT2D eigenvalue weighted by Gasteiger charge is 2.36. The summed E-state index contributed by atoms with van der Waals surface area (Å²) in [5.74, 6) is -3.64. The lowest BCUT2D eigenvalue weighted by molar-refractivity contribution is -0.141. The number of nitrogens with two attached hydrogens (primary N) is 3. The Kier molecular flexibility index (Phi) is 18.6. The first-order chi connectivity index (χ1) is 30.6. The van der Waals surface area contributed by atoms with Crippen molar-refractivity contribution in [2.24, 2.45) is 17.2 Å². The first kappa shape index (κ1) is 49.6. The molecule has 0 spiro atoms. The van der Waals surface area contributed by atoms with Crippen molar-refractivity contribution in [2.45, 2.75) is 57.8 Å². The van der Waals surface area contributed by atoms with Gasteiger partial charge in [0.05, 0.1) is 32.2 Å². The van der Waals surface area contributed by atoms with Crippen LogP contribution in [0.1, 0.15) is 52.0 Å². The van der Waals surface area contributed by atoms with Crippen LogP contribution >= 0.6 is 0 Å². The third kappa shape index (κ3) is 13.5. The average Bonchev–Trinajstić information content (AvgIpc) is 3.27. The van der Waals surface area contributed by atoms with E-state index in [4.69, 9.17) is 26.7 Å². The first-order valence-corrected chi connectivity index (χ1v) is 20.7. The van der Waals surface area contributed by atoms with Gasteiger partial charge in [0.2, 0.25) is 35.4 Å². The minimum absolute atomic E-state index is 0.00548. The highest BCUT2D eigenvalue weighted by Crippen LogP contribution is 2.40. The summed E-state index contributed by atoms with van der Waals surface area (Å²) < 4.78 is 12.4. The van der Waals surface area contributed by atoms with Crippen molar-refractivity contribution >= 4 is 41.4 Å². The lowest BCUT2D eigenvalue weighted by atomic mass is 9.93. The molecule has 0 fully saturated rings. The van der Waals surface area contributed by atoms with Gasteiger partial charge in [0.1, 0.15) is 55.4 Å². The molecule has 3 aromatic rings. The Morgan fingerprint density at radius 3 is 2.06 bits per heavy atom. The number of carbonyl (C=O) groups excluding carboxylic acids is 7. The highest BCUT2D eigenvalue weighted by atomic mass is 16.5. The summed E-state index contributed by atoms with van der Waals surface area (Å²) in [5, 5.41) is 25.1. The van der Waals surface area contributed by atoms with E-state index in [2.05, 4.69) is 31.9 Å². The lowest BCUT2D eigenvalue weighted by Crippen LogP contribution is -2.56. The van der Waals surface area contributed by atoms with Crippen LogP contribution < -0.4 is 58.6 Å². The molecule has 0 aliphatic carbocycles. The van der Waals surface area contributed by atoms with Gasteiger partial charge in [-0.2, -0.15) is 5.26 Å². The molecule has 0 aromatic heterocycles. The molecule has 1 aliphatic rings. The van der Waals surface area contributed by atoms with Crippen molar-refractivity contribution in [1.82, 2.24) is 36.8 Å². The van der Waals surface area contributed by atoms with E-state index in [1.165, 1.54) is 14.0 Å². The van der Waals surface area contributed by atoms with Crippen molar-refractivity contribution < 1.29 is 43.0 Å². The number of amides is 7. The number of hydrogen-bond donors (Lipinski definition) is 9. The standard InChI is InChI=1S/C44H57N11O9/c1-25-5-8-30(26(2)19-25)41(59)53-33(11-12-45)44(62)55(4)39-29-7-10-36(64-18-16-50-38(57)24-48)32(22-29)31-20-28(6-9-35(31)63-17-15-49-37(56)23-47)21-34(42(60)51-14-13-46)54-40(58)27(3)52-43(39)61/h5-10,19-20,22,27,33-34,39H,11-12,14-18,21,23-24,45,47-48H2,1-4H3,(H,49,56)(H,50,57)(H,51,60)(H,52,61)(H,53,59)(H,54,58)/t27-,33-,34-,39-/m0/s1. The number of carbonyl (C=O) groups is 7. The Morgan fingerprint density at radius 1 is 0.844 bits per heavy atom. The summed E-state index contributed by atoms with van der Waals surface area (Å²) in [5.41, 5.74) is 20.4. The molecule has 342 valence electrons. The molecule has 4 bridgehead atoms. The number of ether oxygens (including phenoxy) is 2. The number of fused-ring (bicyclic) bond motifs is 5. The summed E-state index contributed by atoms with van der Waals surface area (Å²) in [7, 11) is 1.39. The first-order valence-electron chi connectivity index (χ1n) is 20.7. The van der Waals surface area contributed by atoms with Crippen LogP contribution in [0.2, 0.25) is 0 Å². The molecule has 4 rings (SSSR count). The maximum atomic E-state index is 14.6. The molecule has 0 radical (unpaired) electrons. The predicted molar refractivity (Wildman–Crippen MR) is 235 cm³/mol. The second-order valence-electron chi connectivity index (χ2n) is 15.0. The topological polar surface area (TPSA) is 315 Å². The van der Waals surface area contributed by atoms with Gasteiger partial charge >= 0.3 is 0 Å². The lowest BCUT2D eigenvalue weighted by Gasteiger charge is -2.32. The Labute approximate surface area is 371 Å². The summed E-state index contributed by atoms with van der Waals surface area (Å²) in [4.78, 5) is 94.8. The summed E-state index contributed by atoms with van der Waals surface area (Å²) in [6.45, 7) is 4.43. The fourth-order valence-corrected chi connectivity index (χ4v) is 6.94. The van der Waals surface area contributed by atoms with Crippen LogP contribution in [-0.2, 0) is 35.2 Å². The summed E-state index contributed by atoms with van der Waals surface area (Å²) in [6.07, 6.45) is -0.0547. The van der Waals surface area contributed by atoms with E-state index in [-0.39, 0.29) is 82.4 Å². The van der Waals surface area contributed by atoms with Crippen LogP contribution in [0.25, 0.3) is 11.1 Å². The zero-order chi connectivity index (χ0) is 46.9. The van der Waals surface area contributed by atoms with E-state index >= 15 is 0 Å². The fraction of sp³-hybridized carbons (Fsp3) is 0.409. The zero-order valence-electron chi connectivity index (χ0n) is 36.4. The zero-order valence-corrected chi connectivity index (χ0v) is 36.4. The van der Waals surface area contributed by atoms with Gasteiger partial charge in [-0.1, -0.05) is 29.8 Å². The van der Waals surface area contributed by atoms with E-state index in [0.717, 1.165) is 10.5 Å². The van der Waals surface area contributed by atoms with Crippen molar-refractivity contribution in [3.05, 3.63) is 82.4 Å². The number of nitriles is 1. The molecule has 0 unspecified atom stereocenters. The quantitative estimate of drug-likeness (QED) is 0.0532. The predicted octanol–water partition coefficient (Wildman–Crippen LogP) is -1.29. The Hall–Kier alpha value is -7.08. The monoisotopic (exact) mass is 883 g/mol. The molecule has 20 heteroatoms. The van der Waals surface area contributed by atoms with Gasteiger partial charge in [-0.3, -0.25) is 33.6 Å². The van der Waals surface area contributed by atoms with E-state index in [1.54, 1.807) is 55.5 Å². The Balaban J connectivity index is 1.91. The Morgan fingerprint density at radius 2 is 1.47 bits per heavy atom. The largest absolute Gasteiger partial charge is 0.491 e. The van der Waals surface area contributed by atoms with Crippen molar-refractivity contribution in [3.8, 4) is 28.7 Å². The van der Waals surface area contributed by atoms with Crippen LogP contribution in [0.5, 0.6) is 11.5 Å². The van der Waals surface area contributed by atoms with Crippen LogP contribution in [0.3, 0.4) is 0 Å². The average molecular weight is 884 g/mol.